The van der Waals surface area contributed by atoms with E-state index in [0.717, 1.165) is 16.5 Å². The Morgan fingerprint density at radius 2 is 2.14 bits per heavy atom. The second kappa shape index (κ2) is 3.40. The molecule has 0 aliphatic rings. The van der Waals surface area contributed by atoms with Crippen LogP contribution in [0.25, 0.3) is 10.8 Å². The predicted octanol–water partition coefficient (Wildman–Crippen LogP) is 2.51. The van der Waals surface area contributed by atoms with Crippen LogP contribution in [0.4, 0.5) is 5.69 Å². The van der Waals surface area contributed by atoms with Gasteiger partial charge in [-0.15, -0.1) is 0 Å². The van der Waals surface area contributed by atoms with Gasteiger partial charge >= 0.3 is 0 Å². The summed E-state index contributed by atoms with van der Waals surface area (Å²) in [7, 11) is 0. The van der Waals surface area contributed by atoms with Gasteiger partial charge in [0.15, 0.2) is 0 Å². The average molecular weight is 184 g/mol. The Labute approximate surface area is 81.1 Å². The number of carbonyl (C=O) groups excluding carboxylic acids is 1. The number of fused-ring (bicyclic) bond motifs is 1. The van der Waals surface area contributed by atoms with Gasteiger partial charge in [0.25, 0.3) is 0 Å². The van der Waals surface area contributed by atoms with Gasteiger partial charge in [-0.1, -0.05) is 12.1 Å². The second-order valence-electron chi connectivity index (χ2n) is 2.97. The first-order chi connectivity index (χ1) is 6.83. The van der Waals surface area contributed by atoms with Gasteiger partial charge in [-0.25, -0.2) is 4.79 Å². The van der Waals surface area contributed by atoms with Crippen LogP contribution in [0.3, 0.4) is 0 Å². The Kier molecular flexibility index (Phi) is 2.09. The van der Waals surface area contributed by atoms with E-state index < -0.39 is 0 Å². The highest BCUT2D eigenvalue weighted by atomic mass is 16.1. The van der Waals surface area contributed by atoms with Gasteiger partial charge in [0, 0.05) is 22.7 Å². The van der Waals surface area contributed by atoms with Crippen molar-refractivity contribution in [2.45, 2.75) is 6.92 Å². The van der Waals surface area contributed by atoms with Crippen LogP contribution in [-0.2, 0) is 4.79 Å². The highest BCUT2D eigenvalue weighted by Crippen LogP contribution is 2.26. The first-order valence-corrected chi connectivity index (χ1v) is 4.25. The molecular formula is C11H8N2O. The zero-order valence-electron chi connectivity index (χ0n) is 7.69. The number of hydrogen-bond donors (Lipinski definition) is 0. The molecule has 0 saturated carbocycles. The standard InChI is InChI=1S/C11H8N2O/c1-8-9-3-2-4-11(13-7-14)10(9)5-6-12-8/h2-6H,1H3. The molecule has 1 aromatic carbocycles. The van der Waals surface area contributed by atoms with E-state index >= 15 is 0 Å². The zero-order chi connectivity index (χ0) is 9.97. The third-order valence-electron chi connectivity index (χ3n) is 2.15. The number of nitrogens with zero attached hydrogens (tertiary/aromatic N) is 2. The largest absolute Gasteiger partial charge is 0.261 e. The van der Waals surface area contributed by atoms with E-state index in [2.05, 4.69) is 9.98 Å². The van der Waals surface area contributed by atoms with E-state index in [-0.39, 0.29) is 0 Å². The number of aryl methyl sites for hydroxylation is 1. The van der Waals surface area contributed by atoms with E-state index in [4.69, 9.17) is 0 Å². The maximum Gasteiger partial charge on any atom is 0.240 e. The fraction of sp³-hybridized carbons (Fsp3) is 0.0909. The van der Waals surface area contributed by atoms with E-state index in [1.54, 1.807) is 18.3 Å². The Morgan fingerprint density at radius 1 is 1.29 bits per heavy atom. The SMILES string of the molecule is Cc1nccc2c(N=C=O)cccc12. The average Bonchev–Trinajstić information content (AvgIpc) is 2.20. The van der Waals surface area contributed by atoms with Gasteiger partial charge in [0.05, 0.1) is 5.69 Å². The molecule has 3 nitrogen and oxygen atoms in total. The van der Waals surface area contributed by atoms with Gasteiger partial charge in [-0.3, -0.25) is 4.98 Å². The molecule has 0 spiro atoms. The van der Waals surface area contributed by atoms with Gasteiger partial charge in [0.2, 0.25) is 6.08 Å². The first-order valence-electron chi connectivity index (χ1n) is 4.25. The summed E-state index contributed by atoms with van der Waals surface area (Å²) in [6.07, 6.45) is 3.26. The van der Waals surface area contributed by atoms with Crippen LogP contribution in [0.2, 0.25) is 0 Å². The molecule has 68 valence electrons. The van der Waals surface area contributed by atoms with Crippen molar-refractivity contribution in [3.05, 3.63) is 36.2 Å². The summed E-state index contributed by atoms with van der Waals surface area (Å²) in [4.78, 5) is 18.0. The van der Waals surface area contributed by atoms with Crippen LogP contribution < -0.4 is 0 Å². The smallest absolute Gasteiger partial charge is 0.240 e. The second-order valence-corrected chi connectivity index (χ2v) is 2.97. The Bertz CT molecular complexity index is 528. The van der Waals surface area contributed by atoms with Crippen molar-refractivity contribution in [2.75, 3.05) is 0 Å². The van der Waals surface area contributed by atoms with Gasteiger partial charge < -0.3 is 0 Å². The summed E-state index contributed by atoms with van der Waals surface area (Å²) in [5, 5.41) is 1.95. The highest BCUT2D eigenvalue weighted by Gasteiger charge is 2.01. The lowest BCUT2D eigenvalue weighted by Crippen LogP contribution is -1.82. The maximum absolute atomic E-state index is 10.2. The molecule has 0 saturated heterocycles. The van der Waals surface area contributed by atoms with Crippen molar-refractivity contribution in [2.24, 2.45) is 4.99 Å². The van der Waals surface area contributed by atoms with E-state index in [1.807, 2.05) is 25.1 Å². The van der Waals surface area contributed by atoms with E-state index in [9.17, 15) is 4.79 Å². The molecule has 0 radical (unpaired) electrons. The van der Waals surface area contributed by atoms with Crippen molar-refractivity contribution in [3.63, 3.8) is 0 Å². The van der Waals surface area contributed by atoms with Crippen molar-refractivity contribution in [1.29, 1.82) is 0 Å². The third kappa shape index (κ3) is 1.30. The number of rotatable bonds is 1. The fourth-order valence-corrected chi connectivity index (χ4v) is 1.48. The van der Waals surface area contributed by atoms with E-state index in [0.29, 0.717) is 5.69 Å². The molecule has 3 heteroatoms. The van der Waals surface area contributed by atoms with Crippen LogP contribution in [0.1, 0.15) is 5.69 Å². The molecule has 0 amide bonds. The molecule has 2 aromatic rings. The lowest BCUT2D eigenvalue weighted by Gasteiger charge is -2.01. The molecule has 1 aromatic heterocycles. The number of pyridine rings is 1. The molecule has 2 rings (SSSR count). The summed E-state index contributed by atoms with van der Waals surface area (Å²) < 4.78 is 0. The molecule has 0 bridgehead atoms. The number of aliphatic imine (C=N–C) groups is 1. The number of benzene rings is 1. The molecule has 0 aliphatic heterocycles. The van der Waals surface area contributed by atoms with Crippen molar-refractivity contribution >= 4 is 22.5 Å². The Balaban J connectivity index is 2.87. The van der Waals surface area contributed by atoms with Gasteiger partial charge in [-0.2, -0.15) is 4.99 Å². The minimum absolute atomic E-state index is 0.642. The van der Waals surface area contributed by atoms with Crippen molar-refractivity contribution in [1.82, 2.24) is 4.98 Å². The molecule has 1 heterocycles. The topological polar surface area (TPSA) is 42.3 Å². The summed E-state index contributed by atoms with van der Waals surface area (Å²) in [6.45, 7) is 1.93. The van der Waals surface area contributed by atoms with Crippen LogP contribution in [0.15, 0.2) is 35.5 Å². The lowest BCUT2D eigenvalue weighted by atomic mass is 10.1. The van der Waals surface area contributed by atoms with Gasteiger partial charge in [0.1, 0.15) is 0 Å². The minimum Gasteiger partial charge on any atom is -0.261 e. The molecule has 0 N–H and O–H groups in total. The van der Waals surface area contributed by atoms with Crippen LogP contribution >= 0.6 is 0 Å². The Hall–Kier alpha value is -1.99. The molecule has 14 heavy (non-hydrogen) atoms. The van der Waals surface area contributed by atoms with E-state index in [1.165, 1.54) is 0 Å². The first kappa shape index (κ1) is 8.60. The molecular weight excluding hydrogens is 176 g/mol. The normalized spacial score (nSPS) is 9.79. The maximum atomic E-state index is 10.2. The van der Waals surface area contributed by atoms with Crippen LogP contribution in [0, 0.1) is 6.92 Å². The lowest BCUT2D eigenvalue weighted by molar-refractivity contribution is 0.565. The Morgan fingerprint density at radius 3 is 2.93 bits per heavy atom. The van der Waals surface area contributed by atoms with Crippen molar-refractivity contribution in [3.8, 4) is 0 Å². The molecule has 0 fully saturated rings. The quantitative estimate of drug-likeness (QED) is 0.504. The third-order valence-corrected chi connectivity index (χ3v) is 2.15. The zero-order valence-corrected chi connectivity index (χ0v) is 7.69. The van der Waals surface area contributed by atoms with Crippen LogP contribution in [0.5, 0.6) is 0 Å². The molecule has 0 atom stereocenters. The number of isocyanates is 1. The molecule has 0 aliphatic carbocycles. The summed E-state index contributed by atoms with van der Waals surface area (Å²) in [5.74, 6) is 0. The van der Waals surface area contributed by atoms with Crippen LogP contribution in [-0.4, -0.2) is 11.1 Å². The number of aromatic nitrogens is 1. The highest BCUT2D eigenvalue weighted by molar-refractivity contribution is 5.94. The fourth-order valence-electron chi connectivity index (χ4n) is 1.48. The predicted molar refractivity (Wildman–Crippen MR) is 54.3 cm³/mol. The monoisotopic (exact) mass is 184 g/mol. The van der Waals surface area contributed by atoms with Crippen molar-refractivity contribution < 1.29 is 4.79 Å². The summed E-state index contributed by atoms with van der Waals surface area (Å²) in [6, 6.07) is 7.44. The summed E-state index contributed by atoms with van der Waals surface area (Å²) in [5.41, 5.74) is 1.58. The molecule has 0 unspecified atom stereocenters. The minimum atomic E-state index is 0.642. The number of hydrogen-bond acceptors (Lipinski definition) is 3. The summed E-state index contributed by atoms with van der Waals surface area (Å²) >= 11 is 0. The van der Waals surface area contributed by atoms with Gasteiger partial charge in [-0.05, 0) is 19.1 Å².